The van der Waals surface area contributed by atoms with Crippen LogP contribution in [0.1, 0.15) is 70.2 Å². The second-order valence-electron chi connectivity index (χ2n) is 12.5. The van der Waals surface area contributed by atoms with Gasteiger partial charge in [0.15, 0.2) is 11.6 Å². The van der Waals surface area contributed by atoms with Gasteiger partial charge in [-0.1, -0.05) is 33.8 Å². The van der Waals surface area contributed by atoms with Gasteiger partial charge in [0.05, 0.1) is 11.7 Å². The summed E-state index contributed by atoms with van der Waals surface area (Å²) < 4.78 is 5.96. The molecule has 220 valence electrons. The molecule has 2 amide bonds. The first-order valence-corrected chi connectivity index (χ1v) is 13.6. The highest BCUT2D eigenvalue weighted by Gasteiger charge is 2.64. The molecule has 10 atom stereocenters. The molecule has 1 aromatic rings. The Labute approximate surface area is 233 Å². The van der Waals surface area contributed by atoms with Crippen LogP contribution in [0.4, 0.5) is 16.3 Å². The SMILES string of the molecule is C=C[C@]1(C)C[C@@H](OC(=O)NC(=O)c2cnc(N)c([NH+]([O-])O)c2)[C@@]2(C)CC3C(=O)[C@@H](O)C[C@@]3(CCC2C)[C@@H](C)[C@@H]1O. The first-order chi connectivity index (χ1) is 18.6. The molecule has 3 aliphatic carbocycles. The Bertz CT molecular complexity index is 1210. The van der Waals surface area contributed by atoms with Crippen molar-refractivity contribution in [3.8, 4) is 0 Å². The van der Waals surface area contributed by atoms with Gasteiger partial charge in [-0.15, -0.1) is 6.58 Å². The lowest BCUT2D eigenvalue weighted by atomic mass is 9.60. The number of pyridine rings is 1. The van der Waals surface area contributed by atoms with Gasteiger partial charge in [-0.25, -0.2) is 15.0 Å². The molecule has 0 spiro atoms. The number of nitrogens with two attached hydrogens (primary N) is 1. The molecule has 1 heterocycles. The number of nitrogens with zero attached hydrogens (tertiary/aromatic N) is 1. The number of imide groups is 1. The van der Waals surface area contributed by atoms with Crippen LogP contribution in [0.2, 0.25) is 0 Å². The van der Waals surface area contributed by atoms with Crippen LogP contribution in [0.5, 0.6) is 0 Å². The third-order valence-corrected chi connectivity index (χ3v) is 10.5. The third kappa shape index (κ3) is 4.81. The Kier molecular flexibility index (Phi) is 7.89. The lowest BCUT2D eigenvalue weighted by Crippen LogP contribution is -2.99. The number of anilines is 1. The van der Waals surface area contributed by atoms with Crippen molar-refractivity contribution in [2.45, 2.75) is 78.1 Å². The number of amides is 2. The van der Waals surface area contributed by atoms with Gasteiger partial charge in [-0.3, -0.25) is 14.9 Å². The molecule has 2 bridgehead atoms. The van der Waals surface area contributed by atoms with Gasteiger partial charge in [0.2, 0.25) is 5.69 Å². The van der Waals surface area contributed by atoms with Crippen LogP contribution in [0.3, 0.4) is 0 Å². The second kappa shape index (κ2) is 10.5. The zero-order valence-corrected chi connectivity index (χ0v) is 23.3. The number of ketones is 1. The standard InChI is InChI=1S/C28H40N4O8/c1-6-26(4)12-20(40-25(37)31-24(36)16-9-18(32(38)39)23(29)30-13-16)27(5)10-17-21(34)19(33)11-28(17,8-7-14(27)2)15(3)22(26)35/h6,9,13-15,17,19-20,22,32-33,35,38H,1,7-8,10-12H2,2-5H3,(H2,29,30)(H,31,36,37)/t14?,15-,17?,19-,20+,22-,26+,27-,28-/m0/s1. The fourth-order valence-corrected chi connectivity index (χ4v) is 7.45. The Balaban J connectivity index is 1.69. The molecule has 3 aliphatic rings. The second-order valence-corrected chi connectivity index (χ2v) is 12.5. The number of rotatable bonds is 4. The number of hydrogen-bond acceptors (Lipinski definition) is 10. The maximum atomic E-state index is 13.3. The third-order valence-electron chi connectivity index (χ3n) is 10.5. The summed E-state index contributed by atoms with van der Waals surface area (Å²) in [7, 11) is 0. The number of hydrogen-bond donors (Lipinski definition) is 6. The molecule has 0 aromatic carbocycles. The number of nitrogen functional groups attached to an aromatic ring is 1. The predicted molar refractivity (Wildman–Crippen MR) is 143 cm³/mol. The van der Waals surface area contributed by atoms with E-state index in [1.807, 2.05) is 20.8 Å². The molecule has 12 heteroatoms. The molecule has 0 radical (unpaired) electrons. The monoisotopic (exact) mass is 560 g/mol. The van der Waals surface area contributed by atoms with E-state index in [9.17, 15) is 35.0 Å². The molecular weight excluding hydrogens is 520 g/mol. The van der Waals surface area contributed by atoms with Crippen LogP contribution in [0, 0.1) is 39.2 Å². The molecule has 0 saturated heterocycles. The first-order valence-electron chi connectivity index (χ1n) is 13.6. The Hall–Kier alpha value is -2.90. The Morgan fingerprint density at radius 3 is 2.58 bits per heavy atom. The summed E-state index contributed by atoms with van der Waals surface area (Å²) in [5.41, 5.74) is 2.73. The quantitative estimate of drug-likeness (QED) is 0.232. The largest absolute Gasteiger partial charge is 0.595 e. The van der Waals surface area contributed by atoms with Crippen molar-refractivity contribution in [1.29, 1.82) is 0 Å². The minimum Gasteiger partial charge on any atom is -0.595 e. The summed E-state index contributed by atoms with van der Waals surface area (Å²) in [6.45, 7) is 11.7. The Morgan fingerprint density at radius 1 is 1.27 bits per heavy atom. The van der Waals surface area contributed by atoms with Crippen molar-refractivity contribution in [3.63, 3.8) is 0 Å². The zero-order valence-electron chi connectivity index (χ0n) is 23.3. The summed E-state index contributed by atoms with van der Waals surface area (Å²) in [5, 5.41) is 43.8. The molecule has 0 aliphatic heterocycles. The van der Waals surface area contributed by atoms with Crippen molar-refractivity contribution in [1.82, 2.24) is 10.3 Å². The highest BCUT2D eigenvalue weighted by atomic mass is 16.8. The van der Waals surface area contributed by atoms with E-state index in [4.69, 9.17) is 10.5 Å². The van der Waals surface area contributed by atoms with Crippen LogP contribution in [-0.2, 0) is 9.53 Å². The molecule has 3 fully saturated rings. The van der Waals surface area contributed by atoms with Crippen molar-refractivity contribution in [2.75, 3.05) is 5.73 Å². The maximum absolute atomic E-state index is 13.3. The normalized spacial score (nSPS) is 40.1. The maximum Gasteiger partial charge on any atom is 0.414 e. The average Bonchev–Trinajstić information content (AvgIpc) is 3.07. The number of Topliss-reactive ketones (excluding diaryl/α,β-unsaturated/α-hetero) is 1. The van der Waals surface area contributed by atoms with Gasteiger partial charge in [0, 0.05) is 29.0 Å². The number of quaternary nitrogens is 1. The highest BCUT2D eigenvalue weighted by molar-refractivity contribution is 6.03. The van der Waals surface area contributed by atoms with Crippen molar-refractivity contribution in [2.24, 2.45) is 34.0 Å². The summed E-state index contributed by atoms with van der Waals surface area (Å²) in [6.07, 6.45) is 0.915. The van der Waals surface area contributed by atoms with Crippen molar-refractivity contribution < 1.29 is 39.8 Å². The van der Waals surface area contributed by atoms with Crippen LogP contribution in [-0.4, -0.2) is 56.5 Å². The number of ether oxygens (including phenoxy) is 1. The smallest absolute Gasteiger partial charge is 0.414 e. The van der Waals surface area contributed by atoms with E-state index in [-0.39, 0.29) is 47.5 Å². The van der Waals surface area contributed by atoms with E-state index in [1.54, 1.807) is 6.08 Å². The molecule has 40 heavy (non-hydrogen) atoms. The van der Waals surface area contributed by atoms with Gasteiger partial charge < -0.3 is 25.9 Å². The molecule has 3 saturated carbocycles. The molecular formula is C28H40N4O8. The predicted octanol–water partition coefficient (Wildman–Crippen LogP) is 1.66. The molecule has 3 unspecified atom stereocenters. The summed E-state index contributed by atoms with van der Waals surface area (Å²) in [5.74, 6) is -2.30. The van der Waals surface area contributed by atoms with Crippen molar-refractivity contribution in [3.05, 3.63) is 35.7 Å². The lowest BCUT2D eigenvalue weighted by molar-refractivity contribution is -0.990. The van der Waals surface area contributed by atoms with Gasteiger partial charge in [0.25, 0.3) is 5.91 Å². The minimum atomic E-state index is -1.37. The van der Waals surface area contributed by atoms with Gasteiger partial charge >= 0.3 is 6.09 Å². The number of fused-ring (bicyclic) bond motifs is 1. The van der Waals surface area contributed by atoms with E-state index in [1.165, 1.54) is 0 Å². The van der Waals surface area contributed by atoms with Crippen molar-refractivity contribution >= 4 is 29.3 Å². The number of aliphatic hydroxyl groups excluding tert-OH is 2. The van der Waals surface area contributed by atoms with E-state index < -0.39 is 57.7 Å². The molecule has 12 nitrogen and oxygen atoms in total. The highest BCUT2D eigenvalue weighted by Crippen LogP contribution is 2.63. The summed E-state index contributed by atoms with van der Waals surface area (Å²) in [4.78, 5) is 43.0. The number of aliphatic hydroxyl groups is 2. The zero-order chi connectivity index (χ0) is 29.8. The van der Waals surface area contributed by atoms with Crippen LogP contribution < -0.4 is 16.3 Å². The van der Waals surface area contributed by atoms with E-state index in [0.717, 1.165) is 12.3 Å². The average molecular weight is 561 g/mol. The fraction of sp³-hybridized carbons (Fsp3) is 0.643. The molecule has 1 aromatic heterocycles. The fourth-order valence-electron chi connectivity index (χ4n) is 7.45. The topological polar surface area (TPSA) is 200 Å². The number of carbonyl (C=O) groups excluding carboxylic acids is 3. The van der Waals surface area contributed by atoms with Gasteiger partial charge in [-0.05, 0) is 49.4 Å². The number of nitrogens with one attached hydrogen (secondary N) is 2. The van der Waals surface area contributed by atoms with Crippen LogP contribution in [0.25, 0.3) is 0 Å². The first kappa shape index (κ1) is 30.1. The van der Waals surface area contributed by atoms with Gasteiger partial charge in [-0.2, -0.15) is 5.23 Å². The number of aromatic nitrogens is 1. The van der Waals surface area contributed by atoms with E-state index >= 15 is 0 Å². The Morgan fingerprint density at radius 2 is 1.95 bits per heavy atom. The molecule has 4 rings (SSSR count). The van der Waals surface area contributed by atoms with Crippen LogP contribution >= 0.6 is 0 Å². The summed E-state index contributed by atoms with van der Waals surface area (Å²) in [6, 6.07) is 1.02. The number of carbonyl (C=O) groups is 3. The van der Waals surface area contributed by atoms with E-state index in [2.05, 4.69) is 23.8 Å². The van der Waals surface area contributed by atoms with Crippen LogP contribution in [0.15, 0.2) is 24.9 Å². The molecule has 7 N–H and O–H groups in total. The minimum absolute atomic E-state index is 0.00403. The van der Waals surface area contributed by atoms with E-state index in [0.29, 0.717) is 19.3 Å². The lowest BCUT2D eigenvalue weighted by Gasteiger charge is -2.47. The van der Waals surface area contributed by atoms with Gasteiger partial charge in [0.1, 0.15) is 12.2 Å². The summed E-state index contributed by atoms with van der Waals surface area (Å²) >= 11 is 0. The number of alkyl carbamates (subject to hydrolysis) is 1.